The molecule has 0 fully saturated rings. The summed E-state index contributed by atoms with van der Waals surface area (Å²) < 4.78 is 2.57. The lowest BCUT2D eigenvalue weighted by atomic mass is 10.00. The second-order valence-electron chi connectivity index (χ2n) is 6.82. The second kappa shape index (κ2) is 6.26. The molecule has 0 saturated heterocycles. The Morgan fingerprint density at radius 2 is 2.15 bits per heavy atom. The lowest BCUT2D eigenvalue weighted by Gasteiger charge is -2.17. The Labute approximate surface area is 154 Å². The van der Waals surface area contributed by atoms with Gasteiger partial charge in [0.15, 0.2) is 0 Å². The van der Waals surface area contributed by atoms with Crippen LogP contribution in [0.1, 0.15) is 13.0 Å². The fraction of sp³-hybridized carbons (Fsp3) is 0.263. The van der Waals surface area contributed by atoms with Crippen LogP contribution in [0.25, 0.3) is 32.1 Å². The lowest BCUT2D eigenvalue weighted by Crippen LogP contribution is -2.22. The van der Waals surface area contributed by atoms with Crippen LogP contribution >= 0.6 is 11.3 Å². The molecule has 0 spiro atoms. The number of nitrogens with one attached hydrogen (secondary N) is 1. The number of aromatic nitrogens is 3. The number of pyridine rings is 1. The van der Waals surface area contributed by atoms with Crippen LogP contribution in [0.15, 0.2) is 40.8 Å². The summed E-state index contributed by atoms with van der Waals surface area (Å²) in [6, 6.07) is 5.49. The zero-order valence-electron chi connectivity index (χ0n) is 14.9. The summed E-state index contributed by atoms with van der Waals surface area (Å²) in [5.41, 5.74) is 2.14. The molecule has 0 aliphatic carbocycles. The summed E-state index contributed by atoms with van der Waals surface area (Å²) in [5.74, 6) is 0.178. The molecule has 0 amide bonds. The number of nitrogens with zero attached hydrogens (tertiary/aromatic N) is 3. The van der Waals surface area contributed by atoms with E-state index in [-0.39, 0.29) is 17.4 Å². The minimum Gasteiger partial charge on any atom is -0.507 e. The van der Waals surface area contributed by atoms with E-state index in [1.54, 1.807) is 18.3 Å². The van der Waals surface area contributed by atoms with Crippen LogP contribution < -0.4 is 5.56 Å². The van der Waals surface area contributed by atoms with Gasteiger partial charge in [0, 0.05) is 40.2 Å². The molecule has 134 valence electrons. The Morgan fingerprint density at radius 3 is 2.92 bits per heavy atom. The Balaban J connectivity index is 1.95. The molecule has 7 heteroatoms. The van der Waals surface area contributed by atoms with Gasteiger partial charge in [-0.3, -0.25) is 9.48 Å². The van der Waals surface area contributed by atoms with Gasteiger partial charge >= 0.3 is 0 Å². The molecule has 2 N–H and O–H groups in total. The van der Waals surface area contributed by atoms with E-state index in [4.69, 9.17) is 0 Å². The first kappa shape index (κ1) is 16.8. The number of phenols is 1. The van der Waals surface area contributed by atoms with Crippen molar-refractivity contribution in [3.63, 3.8) is 0 Å². The molecular weight excluding hydrogens is 348 g/mol. The van der Waals surface area contributed by atoms with Crippen LogP contribution in [-0.2, 0) is 0 Å². The molecule has 4 aromatic rings. The fourth-order valence-electron chi connectivity index (χ4n) is 3.45. The first-order chi connectivity index (χ1) is 12.5. The normalized spacial score (nSPS) is 13.1. The highest BCUT2D eigenvalue weighted by molar-refractivity contribution is 7.17. The van der Waals surface area contributed by atoms with Gasteiger partial charge in [-0.25, -0.2) is 0 Å². The summed E-state index contributed by atoms with van der Waals surface area (Å²) in [6.07, 6.45) is 3.72. The third-order valence-electron chi connectivity index (χ3n) is 4.54. The average Bonchev–Trinajstić information content (AvgIpc) is 3.24. The summed E-state index contributed by atoms with van der Waals surface area (Å²) in [4.78, 5) is 17.3. The minimum absolute atomic E-state index is 0.102. The summed E-state index contributed by atoms with van der Waals surface area (Å²) in [5, 5.41) is 18.7. The maximum atomic E-state index is 12.3. The van der Waals surface area contributed by atoms with Gasteiger partial charge in [-0.2, -0.15) is 5.10 Å². The van der Waals surface area contributed by atoms with Crippen LogP contribution in [0, 0.1) is 0 Å². The van der Waals surface area contributed by atoms with Crippen molar-refractivity contribution in [3.8, 4) is 16.9 Å². The summed E-state index contributed by atoms with van der Waals surface area (Å²) >= 11 is 1.40. The highest BCUT2D eigenvalue weighted by atomic mass is 32.1. The number of aromatic amines is 1. The zero-order valence-corrected chi connectivity index (χ0v) is 15.7. The van der Waals surface area contributed by atoms with Gasteiger partial charge in [0.25, 0.3) is 5.56 Å². The van der Waals surface area contributed by atoms with Crippen molar-refractivity contribution in [1.82, 2.24) is 19.7 Å². The first-order valence-corrected chi connectivity index (χ1v) is 9.28. The van der Waals surface area contributed by atoms with E-state index < -0.39 is 0 Å². The minimum atomic E-state index is -0.102. The topological polar surface area (TPSA) is 74.2 Å². The molecule has 0 saturated carbocycles. The Morgan fingerprint density at radius 1 is 1.35 bits per heavy atom. The van der Waals surface area contributed by atoms with Crippen molar-refractivity contribution in [2.24, 2.45) is 0 Å². The smallest absolute Gasteiger partial charge is 0.266 e. The van der Waals surface area contributed by atoms with Crippen LogP contribution in [0.4, 0.5) is 0 Å². The molecule has 1 aromatic carbocycles. The van der Waals surface area contributed by atoms with Gasteiger partial charge in [0.2, 0.25) is 0 Å². The average molecular weight is 368 g/mol. The molecule has 6 nitrogen and oxygen atoms in total. The zero-order chi connectivity index (χ0) is 18.4. The molecule has 4 rings (SSSR count). The maximum absolute atomic E-state index is 12.3. The van der Waals surface area contributed by atoms with Crippen molar-refractivity contribution in [2.45, 2.75) is 13.0 Å². The monoisotopic (exact) mass is 368 g/mol. The van der Waals surface area contributed by atoms with Gasteiger partial charge in [-0.15, -0.1) is 11.3 Å². The molecule has 0 aliphatic rings. The summed E-state index contributed by atoms with van der Waals surface area (Å²) in [6.45, 7) is 2.97. The number of benzene rings is 1. The molecule has 0 radical (unpaired) electrons. The van der Waals surface area contributed by atoms with Crippen molar-refractivity contribution in [3.05, 3.63) is 46.3 Å². The standard InChI is InChI=1S/C19H20N4O2S/c1-11(9-22(2)3)23-10-12(8-20-23)16-15(24)5-4-14-17(16)13-6-7-26-18(13)19(25)21-14/h4-8,10-11,24H,9H2,1-3H3,(H,21,25). The Kier molecular flexibility index (Phi) is 4.05. The van der Waals surface area contributed by atoms with Crippen LogP contribution in [0.3, 0.4) is 0 Å². The highest BCUT2D eigenvalue weighted by Crippen LogP contribution is 2.39. The molecule has 26 heavy (non-hydrogen) atoms. The SMILES string of the molecule is CC(CN(C)C)n1cc(-c2c(O)ccc3[nH]c(=O)c4sccc4c23)cn1. The summed E-state index contributed by atoms with van der Waals surface area (Å²) in [7, 11) is 4.06. The van der Waals surface area contributed by atoms with Gasteiger partial charge in [-0.1, -0.05) is 0 Å². The Hall–Kier alpha value is -2.64. The van der Waals surface area contributed by atoms with E-state index in [2.05, 4.69) is 21.9 Å². The van der Waals surface area contributed by atoms with E-state index in [1.165, 1.54) is 11.3 Å². The fourth-order valence-corrected chi connectivity index (χ4v) is 4.24. The number of phenolic OH excluding ortho intramolecular Hbond substituents is 1. The number of H-pyrrole nitrogens is 1. The van der Waals surface area contributed by atoms with E-state index in [0.29, 0.717) is 15.8 Å². The molecular formula is C19H20N4O2S. The number of hydrogen-bond donors (Lipinski definition) is 2. The molecule has 3 aromatic heterocycles. The molecule has 0 aliphatic heterocycles. The van der Waals surface area contributed by atoms with Crippen molar-refractivity contribution < 1.29 is 5.11 Å². The maximum Gasteiger partial charge on any atom is 0.266 e. The van der Waals surface area contributed by atoms with E-state index in [0.717, 1.165) is 22.9 Å². The number of likely N-dealkylation sites (N-methyl/N-ethyl adjacent to an activating group) is 1. The second-order valence-corrected chi connectivity index (χ2v) is 7.74. The Bertz CT molecular complexity index is 1160. The lowest BCUT2D eigenvalue weighted by molar-refractivity contribution is 0.322. The number of fused-ring (bicyclic) bond motifs is 3. The van der Waals surface area contributed by atoms with Crippen molar-refractivity contribution >= 4 is 32.3 Å². The predicted molar refractivity (Wildman–Crippen MR) is 106 cm³/mol. The van der Waals surface area contributed by atoms with E-state index in [9.17, 15) is 9.90 Å². The van der Waals surface area contributed by atoms with Crippen LogP contribution in [0.2, 0.25) is 0 Å². The van der Waals surface area contributed by atoms with Gasteiger partial charge in [0.05, 0.1) is 12.2 Å². The number of thiophene rings is 1. The molecule has 0 bridgehead atoms. The van der Waals surface area contributed by atoms with Crippen molar-refractivity contribution in [1.29, 1.82) is 0 Å². The van der Waals surface area contributed by atoms with E-state index >= 15 is 0 Å². The van der Waals surface area contributed by atoms with Gasteiger partial charge < -0.3 is 15.0 Å². The highest BCUT2D eigenvalue weighted by Gasteiger charge is 2.17. The largest absolute Gasteiger partial charge is 0.507 e. The first-order valence-electron chi connectivity index (χ1n) is 8.40. The van der Waals surface area contributed by atoms with Gasteiger partial charge in [0.1, 0.15) is 10.4 Å². The van der Waals surface area contributed by atoms with Crippen LogP contribution in [-0.4, -0.2) is 45.4 Å². The molecule has 1 unspecified atom stereocenters. The number of aromatic hydroxyl groups is 1. The molecule has 1 atom stereocenters. The predicted octanol–water partition coefficient (Wildman–Crippen LogP) is 3.43. The van der Waals surface area contributed by atoms with Crippen molar-refractivity contribution in [2.75, 3.05) is 20.6 Å². The van der Waals surface area contributed by atoms with Gasteiger partial charge in [-0.05, 0) is 44.6 Å². The quantitative estimate of drug-likeness (QED) is 0.579. The molecule has 3 heterocycles. The number of hydrogen-bond acceptors (Lipinski definition) is 5. The third kappa shape index (κ3) is 2.69. The van der Waals surface area contributed by atoms with E-state index in [1.807, 2.05) is 36.4 Å². The van der Waals surface area contributed by atoms with Crippen LogP contribution in [0.5, 0.6) is 5.75 Å². The number of rotatable bonds is 4. The third-order valence-corrected chi connectivity index (χ3v) is 5.46.